The maximum atomic E-state index is 5.94. The smallest absolute Gasteiger partial charge is 0.0757 e. The molecule has 2 rings (SSSR count). The number of hydrogen-bond acceptors (Lipinski definition) is 2. The zero-order chi connectivity index (χ0) is 13.7. The van der Waals surface area contributed by atoms with Gasteiger partial charge in [0.15, 0.2) is 0 Å². The molecule has 1 aromatic rings. The van der Waals surface area contributed by atoms with Gasteiger partial charge in [0.2, 0.25) is 0 Å². The molecule has 106 valence electrons. The van der Waals surface area contributed by atoms with E-state index in [0.717, 1.165) is 31.0 Å². The Hall–Kier alpha value is -0.570. The van der Waals surface area contributed by atoms with Gasteiger partial charge in [-0.25, -0.2) is 0 Å². The highest BCUT2D eigenvalue weighted by Crippen LogP contribution is 2.25. The quantitative estimate of drug-likeness (QED) is 0.859. The van der Waals surface area contributed by atoms with Gasteiger partial charge in [-0.3, -0.25) is 0 Å². The molecule has 2 nitrogen and oxygen atoms in total. The van der Waals surface area contributed by atoms with Gasteiger partial charge in [-0.2, -0.15) is 0 Å². The first-order valence-electron chi connectivity index (χ1n) is 7.30. The zero-order valence-electron chi connectivity index (χ0n) is 11.9. The summed E-state index contributed by atoms with van der Waals surface area (Å²) in [5.74, 6) is 0.640. The van der Waals surface area contributed by atoms with E-state index in [1.165, 1.54) is 12.0 Å². The lowest BCUT2D eigenvalue weighted by atomic mass is 9.93. The Labute approximate surface area is 121 Å². The standard InChI is InChI=1S/C16H24ClNO/c1-3-9-18-15(16-12(2)8-10-19-16)11-13-4-6-14(17)7-5-13/h4-7,12,15-16,18H,3,8-11H2,1-2H3. The summed E-state index contributed by atoms with van der Waals surface area (Å²) < 4.78 is 5.93. The van der Waals surface area contributed by atoms with Crippen molar-refractivity contribution in [3.05, 3.63) is 34.9 Å². The van der Waals surface area contributed by atoms with E-state index in [0.29, 0.717) is 18.1 Å². The highest BCUT2D eigenvalue weighted by atomic mass is 35.5. The molecule has 0 amide bonds. The molecule has 0 radical (unpaired) electrons. The van der Waals surface area contributed by atoms with Crippen LogP contribution >= 0.6 is 11.6 Å². The summed E-state index contributed by atoms with van der Waals surface area (Å²) in [4.78, 5) is 0. The second kappa shape index (κ2) is 7.28. The summed E-state index contributed by atoms with van der Waals surface area (Å²) in [5, 5.41) is 4.45. The third-order valence-electron chi connectivity index (χ3n) is 3.87. The third-order valence-corrected chi connectivity index (χ3v) is 4.12. The van der Waals surface area contributed by atoms with Crippen molar-refractivity contribution in [2.45, 2.75) is 45.3 Å². The molecule has 1 fully saturated rings. The van der Waals surface area contributed by atoms with Crippen molar-refractivity contribution < 1.29 is 4.74 Å². The number of benzene rings is 1. The Balaban J connectivity index is 2.02. The summed E-state index contributed by atoms with van der Waals surface area (Å²) in [6, 6.07) is 8.56. The second-order valence-corrected chi connectivity index (χ2v) is 5.93. The van der Waals surface area contributed by atoms with Gasteiger partial charge < -0.3 is 10.1 Å². The fraction of sp³-hybridized carbons (Fsp3) is 0.625. The first-order chi connectivity index (χ1) is 9.20. The molecular formula is C16H24ClNO. The van der Waals surface area contributed by atoms with E-state index in [1.54, 1.807) is 0 Å². The first kappa shape index (κ1) is 14.8. The SMILES string of the molecule is CCCNC(Cc1ccc(Cl)cc1)C1OCCC1C. The van der Waals surface area contributed by atoms with E-state index >= 15 is 0 Å². The Bertz CT molecular complexity index is 379. The molecular weight excluding hydrogens is 258 g/mol. The van der Waals surface area contributed by atoms with Gasteiger partial charge in [0, 0.05) is 17.7 Å². The maximum absolute atomic E-state index is 5.94. The highest BCUT2D eigenvalue weighted by molar-refractivity contribution is 6.30. The summed E-state index contributed by atoms with van der Waals surface area (Å²) in [6.07, 6.45) is 3.67. The van der Waals surface area contributed by atoms with E-state index < -0.39 is 0 Å². The summed E-state index contributed by atoms with van der Waals surface area (Å²) >= 11 is 5.94. The number of nitrogens with one attached hydrogen (secondary N) is 1. The molecule has 19 heavy (non-hydrogen) atoms. The molecule has 3 heteroatoms. The van der Waals surface area contributed by atoms with Gasteiger partial charge in [0.25, 0.3) is 0 Å². The van der Waals surface area contributed by atoms with Crippen LogP contribution in [0.4, 0.5) is 0 Å². The Morgan fingerprint density at radius 1 is 1.37 bits per heavy atom. The molecule has 3 atom stereocenters. The molecule has 0 spiro atoms. The van der Waals surface area contributed by atoms with Crippen LogP contribution in [0.2, 0.25) is 5.02 Å². The highest BCUT2D eigenvalue weighted by Gasteiger charge is 2.31. The monoisotopic (exact) mass is 281 g/mol. The lowest BCUT2D eigenvalue weighted by Crippen LogP contribution is -2.44. The number of ether oxygens (including phenoxy) is 1. The van der Waals surface area contributed by atoms with Gasteiger partial charge in [-0.05, 0) is 49.4 Å². The lowest BCUT2D eigenvalue weighted by Gasteiger charge is -2.27. The van der Waals surface area contributed by atoms with Crippen molar-refractivity contribution in [3.8, 4) is 0 Å². The molecule has 1 aliphatic heterocycles. The van der Waals surface area contributed by atoms with E-state index in [9.17, 15) is 0 Å². The fourth-order valence-corrected chi connectivity index (χ4v) is 2.87. The normalized spacial score (nSPS) is 24.6. The predicted molar refractivity (Wildman–Crippen MR) is 80.8 cm³/mol. The van der Waals surface area contributed by atoms with Gasteiger partial charge in [0.05, 0.1) is 6.10 Å². The van der Waals surface area contributed by atoms with Crippen LogP contribution in [-0.2, 0) is 11.2 Å². The number of rotatable bonds is 6. The van der Waals surface area contributed by atoms with Crippen LogP contribution in [0.3, 0.4) is 0 Å². The topological polar surface area (TPSA) is 21.3 Å². The Morgan fingerprint density at radius 3 is 2.68 bits per heavy atom. The minimum Gasteiger partial charge on any atom is -0.376 e. The van der Waals surface area contributed by atoms with E-state index in [1.807, 2.05) is 12.1 Å². The molecule has 1 aliphatic rings. The molecule has 0 bridgehead atoms. The molecule has 1 aromatic carbocycles. The third kappa shape index (κ3) is 4.20. The molecule has 3 unspecified atom stereocenters. The van der Waals surface area contributed by atoms with Crippen molar-refractivity contribution >= 4 is 11.6 Å². The van der Waals surface area contributed by atoms with E-state index in [-0.39, 0.29) is 0 Å². The fourth-order valence-electron chi connectivity index (χ4n) is 2.74. The summed E-state index contributed by atoms with van der Waals surface area (Å²) in [5.41, 5.74) is 1.32. The maximum Gasteiger partial charge on any atom is 0.0757 e. The molecule has 1 saturated heterocycles. The van der Waals surface area contributed by atoms with Crippen molar-refractivity contribution in [2.24, 2.45) is 5.92 Å². The molecule has 0 aromatic heterocycles. The summed E-state index contributed by atoms with van der Waals surface area (Å²) in [7, 11) is 0. The van der Waals surface area contributed by atoms with Gasteiger partial charge in [-0.15, -0.1) is 0 Å². The van der Waals surface area contributed by atoms with E-state index in [4.69, 9.17) is 16.3 Å². The average Bonchev–Trinajstić information content (AvgIpc) is 2.83. The number of hydrogen-bond donors (Lipinski definition) is 1. The van der Waals surface area contributed by atoms with Crippen molar-refractivity contribution in [1.82, 2.24) is 5.32 Å². The first-order valence-corrected chi connectivity index (χ1v) is 7.68. The molecule has 1 heterocycles. The van der Waals surface area contributed by atoms with Crippen LogP contribution in [0.1, 0.15) is 32.3 Å². The van der Waals surface area contributed by atoms with Crippen LogP contribution in [-0.4, -0.2) is 25.3 Å². The minimum absolute atomic E-state index is 0.335. The molecule has 0 saturated carbocycles. The van der Waals surface area contributed by atoms with Crippen molar-refractivity contribution in [1.29, 1.82) is 0 Å². The minimum atomic E-state index is 0.335. The molecule has 0 aliphatic carbocycles. The van der Waals surface area contributed by atoms with Gasteiger partial charge in [-0.1, -0.05) is 37.6 Å². The molecule has 1 N–H and O–H groups in total. The van der Waals surface area contributed by atoms with Crippen LogP contribution < -0.4 is 5.32 Å². The number of halogens is 1. The Kier molecular flexibility index (Phi) is 5.68. The van der Waals surface area contributed by atoms with Crippen LogP contribution in [0.25, 0.3) is 0 Å². The van der Waals surface area contributed by atoms with Crippen LogP contribution in [0, 0.1) is 5.92 Å². The van der Waals surface area contributed by atoms with Crippen molar-refractivity contribution in [3.63, 3.8) is 0 Å². The average molecular weight is 282 g/mol. The van der Waals surface area contributed by atoms with E-state index in [2.05, 4.69) is 31.3 Å². The Morgan fingerprint density at radius 2 is 2.11 bits per heavy atom. The van der Waals surface area contributed by atoms with Gasteiger partial charge >= 0.3 is 0 Å². The largest absolute Gasteiger partial charge is 0.376 e. The van der Waals surface area contributed by atoms with Crippen molar-refractivity contribution in [2.75, 3.05) is 13.2 Å². The van der Waals surface area contributed by atoms with Crippen LogP contribution in [0.5, 0.6) is 0 Å². The second-order valence-electron chi connectivity index (χ2n) is 5.49. The summed E-state index contributed by atoms with van der Waals surface area (Å²) in [6.45, 7) is 6.44. The van der Waals surface area contributed by atoms with Gasteiger partial charge in [0.1, 0.15) is 0 Å². The lowest BCUT2D eigenvalue weighted by molar-refractivity contribution is 0.0610. The predicted octanol–water partition coefficient (Wildman–Crippen LogP) is 3.68. The zero-order valence-corrected chi connectivity index (χ0v) is 12.6. The van der Waals surface area contributed by atoms with Crippen LogP contribution in [0.15, 0.2) is 24.3 Å².